The summed E-state index contributed by atoms with van der Waals surface area (Å²) in [5.74, 6) is 0.848. The summed E-state index contributed by atoms with van der Waals surface area (Å²) in [6.07, 6.45) is 4.98. The molecule has 0 amide bonds. The highest BCUT2D eigenvalue weighted by molar-refractivity contribution is 6.01. The smallest absolute Gasteiger partial charge is 0.145 e. The van der Waals surface area contributed by atoms with Crippen molar-refractivity contribution < 1.29 is 4.74 Å². The zero-order chi connectivity index (χ0) is 17.2. The number of rotatable bonds is 3. The molecule has 2 aromatic carbocycles. The van der Waals surface area contributed by atoms with Crippen LogP contribution in [0.2, 0.25) is 0 Å². The number of allylic oxidation sites excluding steroid dienone is 1. The minimum absolute atomic E-state index is 0.273. The normalized spacial score (nSPS) is 16.1. The molecule has 0 bridgehead atoms. The van der Waals surface area contributed by atoms with Crippen molar-refractivity contribution in [3.05, 3.63) is 60.2 Å². The molecule has 0 fully saturated rings. The molecule has 2 aromatic rings. The molecule has 0 saturated heterocycles. The fourth-order valence-electron chi connectivity index (χ4n) is 2.77. The molecule has 1 aliphatic rings. The van der Waals surface area contributed by atoms with Crippen molar-refractivity contribution in [1.82, 2.24) is 0 Å². The van der Waals surface area contributed by atoms with E-state index >= 15 is 0 Å². The first-order chi connectivity index (χ1) is 11.4. The van der Waals surface area contributed by atoms with E-state index in [1.54, 1.807) is 0 Å². The Kier molecular flexibility index (Phi) is 4.43. The molecule has 0 N–H and O–H groups in total. The summed E-state index contributed by atoms with van der Waals surface area (Å²) in [5, 5.41) is 0. The Balaban J connectivity index is 1.86. The van der Waals surface area contributed by atoms with Crippen LogP contribution in [-0.2, 0) is 0 Å². The third kappa shape index (κ3) is 3.85. The van der Waals surface area contributed by atoms with E-state index in [9.17, 15) is 0 Å². The van der Waals surface area contributed by atoms with Crippen LogP contribution in [-0.4, -0.2) is 25.4 Å². The summed E-state index contributed by atoms with van der Waals surface area (Å²) in [7, 11) is 4.09. The number of benzene rings is 2. The molecule has 0 saturated carbocycles. The Morgan fingerprint density at radius 1 is 1.00 bits per heavy atom. The van der Waals surface area contributed by atoms with Gasteiger partial charge in [0, 0.05) is 31.9 Å². The minimum Gasteiger partial charge on any atom is -0.485 e. The maximum absolute atomic E-state index is 6.11. The van der Waals surface area contributed by atoms with Gasteiger partial charge in [-0.1, -0.05) is 30.3 Å². The third-order valence-corrected chi connectivity index (χ3v) is 4.00. The van der Waals surface area contributed by atoms with Crippen LogP contribution >= 0.6 is 0 Å². The Morgan fingerprint density at radius 2 is 1.71 bits per heavy atom. The molecule has 0 aromatic heterocycles. The number of para-hydroxylation sites is 2. The van der Waals surface area contributed by atoms with Gasteiger partial charge in [0.05, 0.1) is 0 Å². The van der Waals surface area contributed by atoms with Gasteiger partial charge in [0.1, 0.15) is 17.0 Å². The van der Waals surface area contributed by atoms with Gasteiger partial charge >= 0.3 is 0 Å². The Labute approximate surface area is 144 Å². The van der Waals surface area contributed by atoms with Crippen molar-refractivity contribution in [2.45, 2.75) is 25.9 Å². The topological polar surface area (TPSA) is 24.8 Å². The van der Waals surface area contributed by atoms with Gasteiger partial charge in [-0.2, -0.15) is 0 Å². The van der Waals surface area contributed by atoms with Gasteiger partial charge in [-0.25, -0.2) is 4.99 Å². The summed E-state index contributed by atoms with van der Waals surface area (Å²) in [4.78, 5) is 6.89. The first-order valence-electron chi connectivity index (χ1n) is 8.24. The van der Waals surface area contributed by atoms with Crippen LogP contribution in [0.5, 0.6) is 5.75 Å². The molecule has 0 unspecified atom stereocenters. The first kappa shape index (κ1) is 16.3. The zero-order valence-corrected chi connectivity index (χ0v) is 14.8. The molecule has 0 spiro atoms. The molecule has 1 aliphatic heterocycles. The quantitative estimate of drug-likeness (QED) is 0.786. The molecule has 3 heteroatoms. The lowest BCUT2D eigenvalue weighted by Crippen LogP contribution is -2.29. The molecule has 124 valence electrons. The number of ether oxygens (including phenoxy) is 1. The van der Waals surface area contributed by atoms with E-state index in [0.717, 1.165) is 23.6 Å². The number of hydrogen-bond acceptors (Lipinski definition) is 3. The van der Waals surface area contributed by atoms with Crippen molar-refractivity contribution in [3.8, 4) is 5.75 Å². The maximum Gasteiger partial charge on any atom is 0.145 e. The predicted molar refractivity (Wildman–Crippen MR) is 103 cm³/mol. The lowest BCUT2D eigenvalue weighted by atomic mass is 10.0. The van der Waals surface area contributed by atoms with Crippen molar-refractivity contribution in [2.24, 2.45) is 4.99 Å². The summed E-state index contributed by atoms with van der Waals surface area (Å²) >= 11 is 0. The van der Waals surface area contributed by atoms with Gasteiger partial charge in [-0.05, 0) is 49.8 Å². The number of hydrogen-bond donors (Lipinski definition) is 0. The largest absolute Gasteiger partial charge is 0.485 e. The standard InChI is InChI=1S/C21H24N2O/c1-21(2)15-17(22-19-7-5-6-8-20(19)24-21)12-9-16-10-13-18(14-11-16)23(3)4/h5-14H,15H2,1-4H3/b12-9+. The van der Waals surface area contributed by atoms with Crippen molar-refractivity contribution in [3.63, 3.8) is 0 Å². The molecular weight excluding hydrogens is 296 g/mol. The second-order valence-corrected chi connectivity index (χ2v) is 6.93. The second-order valence-electron chi connectivity index (χ2n) is 6.93. The fourth-order valence-corrected chi connectivity index (χ4v) is 2.77. The fraction of sp³-hybridized carbons (Fsp3) is 0.286. The highest BCUT2D eigenvalue weighted by Gasteiger charge is 2.25. The van der Waals surface area contributed by atoms with Gasteiger partial charge in [0.2, 0.25) is 0 Å². The highest BCUT2D eigenvalue weighted by Crippen LogP contribution is 2.35. The van der Waals surface area contributed by atoms with E-state index in [0.29, 0.717) is 0 Å². The molecule has 3 nitrogen and oxygen atoms in total. The van der Waals surface area contributed by atoms with Gasteiger partial charge in [-0.3, -0.25) is 0 Å². The van der Waals surface area contributed by atoms with Crippen LogP contribution in [0.4, 0.5) is 11.4 Å². The van der Waals surface area contributed by atoms with Crippen LogP contribution in [0.25, 0.3) is 6.08 Å². The van der Waals surface area contributed by atoms with Crippen LogP contribution in [0.1, 0.15) is 25.8 Å². The number of anilines is 1. The molecule has 1 heterocycles. The number of nitrogens with zero attached hydrogens (tertiary/aromatic N) is 2. The molecule has 0 radical (unpaired) electrons. The van der Waals surface area contributed by atoms with E-state index in [-0.39, 0.29) is 5.60 Å². The third-order valence-electron chi connectivity index (χ3n) is 4.00. The Bertz CT molecular complexity index is 771. The SMILES string of the molecule is CN(C)c1ccc(/C=C/C2=Nc3ccccc3OC(C)(C)C2)cc1. The summed E-state index contributed by atoms with van der Waals surface area (Å²) in [5.41, 5.74) is 4.01. The first-order valence-corrected chi connectivity index (χ1v) is 8.24. The van der Waals surface area contributed by atoms with Crippen LogP contribution in [0.15, 0.2) is 59.6 Å². The Morgan fingerprint density at radius 3 is 2.42 bits per heavy atom. The monoisotopic (exact) mass is 320 g/mol. The Hall–Kier alpha value is -2.55. The summed E-state index contributed by atoms with van der Waals surface area (Å²) in [6, 6.07) is 16.4. The average molecular weight is 320 g/mol. The summed E-state index contributed by atoms with van der Waals surface area (Å²) in [6.45, 7) is 4.20. The zero-order valence-electron chi connectivity index (χ0n) is 14.8. The van der Waals surface area contributed by atoms with Crippen LogP contribution in [0.3, 0.4) is 0 Å². The predicted octanol–water partition coefficient (Wildman–Crippen LogP) is 5.10. The summed E-state index contributed by atoms with van der Waals surface area (Å²) < 4.78 is 6.11. The van der Waals surface area contributed by atoms with Gasteiger partial charge in [0.15, 0.2) is 0 Å². The lowest BCUT2D eigenvalue weighted by Gasteiger charge is -2.24. The van der Waals surface area contributed by atoms with E-state index in [2.05, 4.69) is 55.2 Å². The molecular formula is C21H24N2O. The van der Waals surface area contributed by atoms with Gasteiger partial charge in [-0.15, -0.1) is 0 Å². The van der Waals surface area contributed by atoms with E-state index in [4.69, 9.17) is 9.73 Å². The van der Waals surface area contributed by atoms with Crippen molar-refractivity contribution in [2.75, 3.05) is 19.0 Å². The lowest BCUT2D eigenvalue weighted by molar-refractivity contribution is 0.120. The molecule has 3 rings (SSSR count). The van der Waals surface area contributed by atoms with Gasteiger partial charge < -0.3 is 9.64 Å². The van der Waals surface area contributed by atoms with Crippen LogP contribution < -0.4 is 9.64 Å². The van der Waals surface area contributed by atoms with E-state index in [1.807, 2.05) is 38.4 Å². The second kappa shape index (κ2) is 6.52. The maximum atomic E-state index is 6.11. The number of fused-ring (bicyclic) bond motifs is 1. The average Bonchev–Trinajstić information content (AvgIpc) is 2.67. The minimum atomic E-state index is -0.273. The van der Waals surface area contributed by atoms with Crippen molar-refractivity contribution >= 4 is 23.2 Å². The molecule has 0 aliphatic carbocycles. The van der Waals surface area contributed by atoms with Crippen LogP contribution in [0, 0.1) is 0 Å². The van der Waals surface area contributed by atoms with E-state index < -0.39 is 0 Å². The number of aliphatic imine (C=N–C) groups is 1. The van der Waals surface area contributed by atoms with Gasteiger partial charge in [0.25, 0.3) is 0 Å². The highest BCUT2D eigenvalue weighted by atomic mass is 16.5. The molecule has 0 atom stereocenters. The van der Waals surface area contributed by atoms with E-state index in [1.165, 1.54) is 11.3 Å². The van der Waals surface area contributed by atoms with Crippen molar-refractivity contribution in [1.29, 1.82) is 0 Å². The molecule has 24 heavy (non-hydrogen) atoms.